The van der Waals surface area contributed by atoms with Crippen LogP contribution in [0.4, 0.5) is 0 Å². The molecule has 0 bridgehead atoms. The third-order valence-corrected chi connectivity index (χ3v) is 5.89. The molecule has 1 aliphatic rings. The second-order valence-electron chi connectivity index (χ2n) is 3.75. The second-order valence-corrected chi connectivity index (χ2v) is 7.13. The third kappa shape index (κ3) is 2.24. The van der Waals surface area contributed by atoms with Crippen LogP contribution in [0.1, 0.15) is 0 Å². The molecular formula is C8H9Cl6NO3. The van der Waals surface area contributed by atoms with Crippen molar-refractivity contribution in [2.75, 3.05) is 13.2 Å². The summed E-state index contributed by atoms with van der Waals surface area (Å²) in [6, 6.07) is 0. The van der Waals surface area contributed by atoms with Crippen molar-refractivity contribution in [1.29, 1.82) is 0 Å². The highest BCUT2D eigenvalue weighted by molar-refractivity contribution is 6.60. The van der Waals surface area contributed by atoms with Crippen LogP contribution in [0.25, 0.3) is 0 Å². The molecule has 4 nitrogen and oxygen atoms in total. The fourth-order valence-corrected chi connectivity index (χ4v) is 3.51. The Kier molecular flexibility index (Phi) is 5.38. The quantitative estimate of drug-likeness (QED) is 0.516. The molecule has 0 aliphatic carbocycles. The van der Waals surface area contributed by atoms with Crippen LogP contribution in [0.3, 0.4) is 0 Å². The lowest BCUT2D eigenvalue weighted by Gasteiger charge is -2.51. The Morgan fingerprint density at radius 2 is 1.67 bits per heavy atom. The van der Waals surface area contributed by atoms with Gasteiger partial charge in [0, 0.05) is 0 Å². The lowest BCUT2D eigenvalue weighted by molar-refractivity contribution is 0.0466. The SMILES string of the molecule is OCC1(Cl)C(Cl)N=C(C(Cl)Cl)C(O)(Cl)C1(Cl)CO. The van der Waals surface area contributed by atoms with Crippen molar-refractivity contribution in [2.24, 2.45) is 4.99 Å². The van der Waals surface area contributed by atoms with E-state index in [0.29, 0.717) is 0 Å². The Bertz CT molecular complexity index is 365. The molecule has 10 heteroatoms. The van der Waals surface area contributed by atoms with Crippen molar-refractivity contribution < 1.29 is 15.3 Å². The molecule has 0 spiro atoms. The van der Waals surface area contributed by atoms with E-state index < -0.39 is 38.4 Å². The maximum Gasteiger partial charge on any atom is 0.203 e. The van der Waals surface area contributed by atoms with E-state index in [1.165, 1.54) is 0 Å². The highest BCUT2D eigenvalue weighted by Gasteiger charge is 2.69. The molecule has 0 aromatic heterocycles. The van der Waals surface area contributed by atoms with Gasteiger partial charge in [0.2, 0.25) is 5.06 Å². The summed E-state index contributed by atoms with van der Waals surface area (Å²) in [6.45, 7) is -1.67. The van der Waals surface area contributed by atoms with Crippen molar-refractivity contribution in [3.8, 4) is 0 Å². The zero-order valence-corrected chi connectivity index (χ0v) is 13.2. The van der Waals surface area contributed by atoms with Crippen molar-refractivity contribution in [2.45, 2.75) is 25.1 Å². The molecule has 0 saturated heterocycles. The average Bonchev–Trinajstić information content (AvgIpc) is 2.30. The van der Waals surface area contributed by atoms with Gasteiger partial charge in [-0.25, -0.2) is 0 Å². The van der Waals surface area contributed by atoms with E-state index in [9.17, 15) is 15.3 Å². The predicted molar refractivity (Wildman–Crippen MR) is 74.7 cm³/mol. The highest BCUT2D eigenvalue weighted by Crippen LogP contribution is 2.53. The van der Waals surface area contributed by atoms with E-state index in [4.69, 9.17) is 69.6 Å². The van der Waals surface area contributed by atoms with E-state index >= 15 is 0 Å². The highest BCUT2D eigenvalue weighted by atomic mass is 35.5. The zero-order valence-electron chi connectivity index (χ0n) is 8.63. The molecule has 3 N–H and O–H groups in total. The third-order valence-electron chi connectivity index (χ3n) is 2.81. The Morgan fingerprint density at radius 1 is 1.17 bits per heavy atom. The van der Waals surface area contributed by atoms with Gasteiger partial charge in [0.25, 0.3) is 0 Å². The molecule has 0 fully saturated rings. The first-order chi connectivity index (χ1) is 8.08. The molecule has 0 aromatic carbocycles. The number of rotatable bonds is 3. The van der Waals surface area contributed by atoms with Gasteiger partial charge in [0.05, 0.1) is 18.9 Å². The first kappa shape index (κ1) is 17.3. The van der Waals surface area contributed by atoms with Gasteiger partial charge in [-0.05, 0) is 0 Å². The molecular weight excluding hydrogens is 371 g/mol. The fourth-order valence-electron chi connectivity index (χ4n) is 1.61. The van der Waals surface area contributed by atoms with E-state index in [1.54, 1.807) is 0 Å². The molecule has 4 unspecified atom stereocenters. The monoisotopic (exact) mass is 377 g/mol. The average molecular weight is 380 g/mol. The van der Waals surface area contributed by atoms with Gasteiger partial charge >= 0.3 is 0 Å². The minimum Gasteiger partial charge on any atom is -0.394 e. The van der Waals surface area contributed by atoms with Crippen LogP contribution < -0.4 is 0 Å². The zero-order chi connectivity index (χ0) is 14.4. The van der Waals surface area contributed by atoms with Gasteiger partial charge in [0.1, 0.15) is 20.1 Å². The summed E-state index contributed by atoms with van der Waals surface area (Å²) in [6.07, 6.45) is 0. The number of aliphatic hydroxyl groups excluding tert-OH is 2. The maximum atomic E-state index is 10.2. The van der Waals surface area contributed by atoms with Gasteiger partial charge in [-0.3, -0.25) is 4.99 Å². The van der Waals surface area contributed by atoms with Gasteiger partial charge in [0.15, 0.2) is 0 Å². The molecule has 106 valence electrons. The van der Waals surface area contributed by atoms with Crippen LogP contribution in [0, 0.1) is 0 Å². The summed E-state index contributed by atoms with van der Waals surface area (Å²) in [7, 11) is 0. The summed E-state index contributed by atoms with van der Waals surface area (Å²) in [4.78, 5) is -1.57. The van der Waals surface area contributed by atoms with Crippen molar-refractivity contribution in [3.63, 3.8) is 0 Å². The number of aliphatic imine (C=N–C) groups is 1. The van der Waals surface area contributed by atoms with E-state index in [0.717, 1.165) is 0 Å². The van der Waals surface area contributed by atoms with Crippen LogP contribution in [-0.2, 0) is 0 Å². The minimum absolute atomic E-state index is 0.346. The summed E-state index contributed by atoms with van der Waals surface area (Å²) >= 11 is 35.1. The molecule has 0 amide bonds. The number of hydrogen-bond acceptors (Lipinski definition) is 4. The Morgan fingerprint density at radius 3 is 2.00 bits per heavy atom. The predicted octanol–water partition coefficient (Wildman–Crippen LogP) is 1.68. The standard InChI is InChI=1S/C8H9Cl6NO3/c9-4(10)3-8(14,18)7(13,2-17)6(12,1-16)5(11)15-3/h4-5,16-18H,1-2H2. The topological polar surface area (TPSA) is 73.1 Å². The molecule has 0 saturated carbocycles. The van der Waals surface area contributed by atoms with Crippen LogP contribution in [0.5, 0.6) is 0 Å². The van der Waals surface area contributed by atoms with Crippen molar-refractivity contribution in [3.05, 3.63) is 0 Å². The van der Waals surface area contributed by atoms with Crippen LogP contribution in [-0.4, -0.2) is 59.4 Å². The summed E-state index contributed by atoms with van der Waals surface area (Å²) in [5.41, 5.74) is -1.64. The van der Waals surface area contributed by atoms with Gasteiger partial charge in [-0.2, -0.15) is 0 Å². The number of aliphatic hydroxyl groups is 3. The summed E-state index contributed by atoms with van der Waals surface area (Å²) in [5.74, 6) is 0. The lowest BCUT2D eigenvalue weighted by atomic mass is 9.81. The van der Waals surface area contributed by atoms with Gasteiger partial charge in [-0.15, -0.1) is 23.2 Å². The molecule has 0 radical (unpaired) electrons. The molecule has 1 aliphatic heterocycles. The van der Waals surface area contributed by atoms with Gasteiger partial charge in [-0.1, -0.05) is 46.4 Å². The van der Waals surface area contributed by atoms with Crippen molar-refractivity contribution in [1.82, 2.24) is 0 Å². The molecule has 1 rings (SSSR count). The Hall–Kier alpha value is 1.29. The first-order valence-electron chi connectivity index (χ1n) is 4.59. The maximum absolute atomic E-state index is 10.2. The fraction of sp³-hybridized carbons (Fsp3) is 0.875. The normalized spacial score (nSPS) is 45.2. The molecule has 4 atom stereocenters. The number of alkyl halides is 6. The van der Waals surface area contributed by atoms with E-state index in [2.05, 4.69) is 4.99 Å². The summed E-state index contributed by atoms with van der Waals surface area (Å²) < 4.78 is 0. The first-order valence-corrected chi connectivity index (χ1v) is 7.04. The smallest absolute Gasteiger partial charge is 0.203 e. The van der Waals surface area contributed by atoms with Crippen LogP contribution in [0.2, 0.25) is 0 Å². The molecule has 18 heavy (non-hydrogen) atoms. The van der Waals surface area contributed by atoms with E-state index in [-0.39, 0.29) is 5.71 Å². The van der Waals surface area contributed by atoms with Crippen LogP contribution >= 0.6 is 69.6 Å². The number of halogens is 6. The second kappa shape index (κ2) is 5.58. The largest absolute Gasteiger partial charge is 0.394 e. The number of hydrogen-bond donors (Lipinski definition) is 3. The molecule has 0 aromatic rings. The van der Waals surface area contributed by atoms with Crippen molar-refractivity contribution >= 4 is 75.3 Å². The molecule has 1 heterocycles. The van der Waals surface area contributed by atoms with Crippen LogP contribution in [0.15, 0.2) is 4.99 Å². The Labute approximate surface area is 133 Å². The lowest BCUT2D eigenvalue weighted by Crippen LogP contribution is -2.72. The number of nitrogens with zero attached hydrogens (tertiary/aromatic N) is 1. The minimum atomic E-state index is -2.46. The van der Waals surface area contributed by atoms with E-state index in [1.807, 2.05) is 0 Å². The Balaban J connectivity index is 3.50. The summed E-state index contributed by atoms with van der Waals surface area (Å²) in [5, 5.41) is 26.5. The van der Waals surface area contributed by atoms with Gasteiger partial charge < -0.3 is 15.3 Å².